The molecule has 0 aromatic heterocycles. The van der Waals surface area contributed by atoms with E-state index in [1.54, 1.807) is 6.07 Å². The van der Waals surface area contributed by atoms with Gasteiger partial charge in [0.1, 0.15) is 0 Å². The number of halogens is 3. The van der Waals surface area contributed by atoms with Gasteiger partial charge in [0.15, 0.2) is 0 Å². The minimum Gasteiger partial charge on any atom is -0.330 e. The maximum atomic E-state index is 12.4. The van der Waals surface area contributed by atoms with Gasteiger partial charge >= 0.3 is 6.18 Å². The second-order valence-corrected chi connectivity index (χ2v) is 5.17. The summed E-state index contributed by atoms with van der Waals surface area (Å²) in [7, 11) is 0. The van der Waals surface area contributed by atoms with Gasteiger partial charge in [-0.3, -0.25) is 0 Å². The van der Waals surface area contributed by atoms with Crippen molar-refractivity contribution in [2.24, 2.45) is 5.73 Å². The number of benzene rings is 2. The highest BCUT2D eigenvalue weighted by molar-refractivity contribution is 5.25. The molecular formula is C18H23F3N2. The van der Waals surface area contributed by atoms with E-state index >= 15 is 0 Å². The molecule has 0 fully saturated rings. The smallest absolute Gasteiger partial charge is 0.330 e. The van der Waals surface area contributed by atoms with Crippen LogP contribution in [0.3, 0.4) is 0 Å². The molecule has 0 aliphatic heterocycles. The van der Waals surface area contributed by atoms with Gasteiger partial charge in [-0.1, -0.05) is 54.1 Å². The summed E-state index contributed by atoms with van der Waals surface area (Å²) < 4.78 is 37.1. The molecule has 0 spiro atoms. The number of rotatable bonds is 5. The Kier molecular flexibility index (Phi) is 8.37. The molecule has 23 heavy (non-hydrogen) atoms. The predicted octanol–water partition coefficient (Wildman–Crippen LogP) is 4.14. The van der Waals surface area contributed by atoms with Crippen LogP contribution < -0.4 is 11.1 Å². The van der Waals surface area contributed by atoms with Crippen LogP contribution in [0.5, 0.6) is 0 Å². The maximum absolute atomic E-state index is 12.4. The van der Waals surface area contributed by atoms with Gasteiger partial charge in [-0.25, -0.2) is 0 Å². The Hall–Kier alpha value is -1.85. The summed E-state index contributed by atoms with van der Waals surface area (Å²) in [6.45, 7) is 3.81. The van der Waals surface area contributed by atoms with Crippen molar-refractivity contribution in [2.45, 2.75) is 26.1 Å². The Morgan fingerprint density at radius 2 is 1.70 bits per heavy atom. The van der Waals surface area contributed by atoms with Crippen molar-refractivity contribution >= 4 is 0 Å². The summed E-state index contributed by atoms with van der Waals surface area (Å²) >= 11 is 0. The van der Waals surface area contributed by atoms with Crippen LogP contribution in [0, 0.1) is 6.92 Å². The molecule has 2 rings (SSSR count). The van der Waals surface area contributed by atoms with Gasteiger partial charge < -0.3 is 11.1 Å². The van der Waals surface area contributed by atoms with E-state index in [0.717, 1.165) is 18.6 Å². The summed E-state index contributed by atoms with van der Waals surface area (Å²) in [4.78, 5) is 0. The van der Waals surface area contributed by atoms with Gasteiger partial charge in [0.05, 0.1) is 5.56 Å². The lowest BCUT2D eigenvalue weighted by Gasteiger charge is -2.09. The van der Waals surface area contributed by atoms with Crippen molar-refractivity contribution in [1.82, 2.24) is 5.32 Å². The first-order valence-electron chi connectivity index (χ1n) is 7.52. The van der Waals surface area contributed by atoms with Gasteiger partial charge in [-0.2, -0.15) is 13.2 Å². The third-order valence-corrected chi connectivity index (χ3v) is 3.08. The van der Waals surface area contributed by atoms with Crippen molar-refractivity contribution in [3.63, 3.8) is 0 Å². The Morgan fingerprint density at radius 1 is 1.00 bits per heavy atom. The van der Waals surface area contributed by atoms with Crippen molar-refractivity contribution < 1.29 is 13.2 Å². The highest BCUT2D eigenvalue weighted by atomic mass is 19.4. The van der Waals surface area contributed by atoms with Gasteiger partial charge in [0.25, 0.3) is 0 Å². The van der Waals surface area contributed by atoms with Crippen molar-refractivity contribution in [3.05, 3.63) is 71.3 Å². The fourth-order valence-corrected chi connectivity index (χ4v) is 1.85. The Morgan fingerprint density at radius 3 is 2.22 bits per heavy atom. The van der Waals surface area contributed by atoms with E-state index in [-0.39, 0.29) is 0 Å². The molecule has 0 aliphatic rings. The summed E-state index contributed by atoms with van der Waals surface area (Å²) in [6, 6.07) is 15.6. The number of hydrogen-bond donors (Lipinski definition) is 2. The second kappa shape index (κ2) is 10.0. The zero-order chi connectivity index (χ0) is 17.1. The number of aryl methyl sites for hydroxylation is 1. The van der Waals surface area contributed by atoms with Crippen LogP contribution in [0.2, 0.25) is 0 Å². The molecule has 2 aromatic carbocycles. The highest BCUT2D eigenvalue weighted by Crippen LogP contribution is 2.29. The van der Waals surface area contributed by atoms with Crippen molar-refractivity contribution in [3.8, 4) is 0 Å². The van der Waals surface area contributed by atoms with Crippen LogP contribution >= 0.6 is 0 Å². The molecule has 5 heteroatoms. The molecule has 0 amide bonds. The van der Waals surface area contributed by atoms with Crippen LogP contribution in [-0.4, -0.2) is 13.1 Å². The van der Waals surface area contributed by atoms with E-state index in [9.17, 15) is 13.2 Å². The predicted molar refractivity (Wildman–Crippen MR) is 88.0 cm³/mol. The quantitative estimate of drug-likeness (QED) is 0.811. The largest absolute Gasteiger partial charge is 0.416 e. The van der Waals surface area contributed by atoms with Crippen molar-refractivity contribution in [2.75, 3.05) is 13.1 Å². The zero-order valence-electron chi connectivity index (χ0n) is 13.2. The summed E-state index contributed by atoms with van der Waals surface area (Å²) in [6.07, 6.45) is -3.45. The normalized spacial score (nSPS) is 10.8. The molecule has 0 bridgehead atoms. The molecule has 3 N–H and O–H groups in total. The summed E-state index contributed by atoms with van der Waals surface area (Å²) in [5.41, 5.74) is 6.65. The van der Waals surface area contributed by atoms with E-state index in [2.05, 4.69) is 24.4 Å². The average molecular weight is 324 g/mol. The third kappa shape index (κ3) is 8.38. The minimum atomic E-state index is -4.27. The molecule has 0 radical (unpaired) electrons. The van der Waals surface area contributed by atoms with Crippen LogP contribution in [0.15, 0.2) is 54.6 Å². The fraction of sp³-hybridized carbons (Fsp3) is 0.333. The molecule has 126 valence electrons. The molecule has 0 aliphatic carbocycles. The van der Waals surface area contributed by atoms with Crippen LogP contribution in [0.4, 0.5) is 13.2 Å². The summed E-state index contributed by atoms with van der Waals surface area (Å²) in [5, 5.41) is 3.03. The second-order valence-electron chi connectivity index (χ2n) is 5.17. The SMILES string of the molecule is Cc1ccccc1.NCCCNCc1cccc(C(F)(F)F)c1. The van der Waals surface area contributed by atoms with E-state index in [1.165, 1.54) is 11.6 Å². The van der Waals surface area contributed by atoms with Crippen molar-refractivity contribution in [1.29, 1.82) is 0 Å². The fourth-order valence-electron chi connectivity index (χ4n) is 1.85. The number of nitrogens with one attached hydrogen (secondary N) is 1. The third-order valence-electron chi connectivity index (χ3n) is 3.08. The minimum absolute atomic E-state index is 0.434. The first-order valence-corrected chi connectivity index (χ1v) is 7.52. The van der Waals surface area contributed by atoms with Crippen LogP contribution in [0.25, 0.3) is 0 Å². The first-order chi connectivity index (χ1) is 10.9. The van der Waals surface area contributed by atoms with Gasteiger partial charge in [-0.05, 0) is 38.1 Å². The Labute approximate surface area is 135 Å². The van der Waals surface area contributed by atoms with Crippen LogP contribution in [0.1, 0.15) is 23.1 Å². The maximum Gasteiger partial charge on any atom is 0.416 e. The molecule has 0 atom stereocenters. The Bertz CT molecular complexity index is 554. The van der Waals surface area contributed by atoms with Crippen LogP contribution in [-0.2, 0) is 12.7 Å². The molecule has 2 aromatic rings. The molecule has 0 heterocycles. The Balaban J connectivity index is 0.000000313. The lowest BCUT2D eigenvalue weighted by Crippen LogP contribution is -2.18. The molecule has 0 saturated carbocycles. The summed E-state index contributed by atoms with van der Waals surface area (Å²) in [5.74, 6) is 0. The van der Waals surface area contributed by atoms with E-state index in [0.29, 0.717) is 25.2 Å². The topological polar surface area (TPSA) is 38.0 Å². The van der Waals surface area contributed by atoms with E-state index in [4.69, 9.17) is 5.73 Å². The lowest BCUT2D eigenvalue weighted by molar-refractivity contribution is -0.137. The zero-order valence-corrected chi connectivity index (χ0v) is 13.2. The first kappa shape index (κ1) is 19.2. The monoisotopic (exact) mass is 324 g/mol. The molecule has 2 nitrogen and oxygen atoms in total. The molecule has 0 unspecified atom stereocenters. The standard InChI is InChI=1S/C11H15F3N2.C7H8/c12-11(13,14)10-4-1-3-9(7-10)8-16-6-2-5-15;1-7-5-3-2-4-6-7/h1,3-4,7,16H,2,5-6,8,15H2;2-6H,1H3. The average Bonchev–Trinajstić information content (AvgIpc) is 2.52. The molecule has 0 saturated heterocycles. The number of nitrogens with two attached hydrogens (primary N) is 1. The highest BCUT2D eigenvalue weighted by Gasteiger charge is 2.30. The molecular weight excluding hydrogens is 301 g/mol. The number of alkyl halides is 3. The van der Waals surface area contributed by atoms with Gasteiger partial charge in [0.2, 0.25) is 0 Å². The van der Waals surface area contributed by atoms with Gasteiger partial charge in [-0.15, -0.1) is 0 Å². The number of hydrogen-bond acceptors (Lipinski definition) is 2. The van der Waals surface area contributed by atoms with E-state index in [1.807, 2.05) is 18.2 Å². The lowest BCUT2D eigenvalue weighted by atomic mass is 10.1. The van der Waals surface area contributed by atoms with E-state index < -0.39 is 11.7 Å². The van der Waals surface area contributed by atoms with Gasteiger partial charge in [0, 0.05) is 6.54 Å².